The van der Waals surface area contributed by atoms with E-state index in [9.17, 15) is 14.7 Å². The molecule has 0 bridgehead atoms. The molecule has 0 spiro atoms. The van der Waals surface area contributed by atoms with Crippen LogP contribution in [0.4, 0.5) is 4.79 Å². The SMILES string of the molecule is CC(C)(C)OC(=O)/C=C(\O)C(CCOCc1ccccc1)NC(=O)OC(C)(C)C. The lowest BCUT2D eigenvalue weighted by Gasteiger charge is -2.24. The third-order valence-corrected chi connectivity index (χ3v) is 3.38. The number of rotatable bonds is 8. The standard InChI is InChI=1S/C22H33NO6/c1-21(2,3)28-19(25)14-18(24)17(23-20(26)29-22(4,5)6)12-13-27-15-16-10-8-7-9-11-16/h7-11,14,17,24H,12-13,15H2,1-6H3,(H,23,26)/b18-14-. The monoisotopic (exact) mass is 407 g/mol. The zero-order valence-corrected chi connectivity index (χ0v) is 18.2. The van der Waals surface area contributed by atoms with Gasteiger partial charge in [0.05, 0.1) is 18.7 Å². The average Bonchev–Trinajstić information content (AvgIpc) is 2.55. The van der Waals surface area contributed by atoms with Crippen molar-refractivity contribution in [3.63, 3.8) is 0 Å². The number of nitrogens with one attached hydrogen (secondary N) is 1. The number of esters is 1. The lowest BCUT2D eigenvalue weighted by molar-refractivity contribution is -0.148. The molecular weight excluding hydrogens is 374 g/mol. The molecule has 7 heteroatoms. The third kappa shape index (κ3) is 11.8. The van der Waals surface area contributed by atoms with Crippen molar-refractivity contribution in [2.24, 2.45) is 0 Å². The normalized spacial score (nSPS) is 13.5. The van der Waals surface area contributed by atoms with Gasteiger partial charge in [-0.25, -0.2) is 9.59 Å². The number of aliphatic hydroxyl groups excluding tert-OH is 1. The summed E-state index contributed by atoms with van der Waals surface area (Å²) in [6.07, 6.45) is 0.511. The maximum absolute atomic E-state index is 12.1. The van der Waals surface area contributed by atoms with Crippen LogP contribution < -0.4 is 5.32 Å². The number of amides is 1. The molecule has 0 aliphatic rings. The molecule has 1 atom stereocenters. The van der Waals surface area contributed by atoms with E-state index in [4.69, 9.17) is 14.2 Å². The lowest BCUT2D eigenvalue weighted by atomic mass is 10.1. The minimum absolute atomic E-state index is 0.247. The van der Waals surface area contributed by atoms with Gasteiger partial charge in [-0.05, 0) is 53.5 Å². The summed E-state index contributed by atoms with van der Waals surface area (Å²) in [5, 5.41) is 12.9. The quantitative estimate of drug-likeness (QED) is 0.289. The Bertz CT molecular complexity index is 685. The Hall–Kier alpha value is -2.54. The van der Waals surface area contributed by atoms with Crippen LogP contribution in [0.25, 0.3) is 0 Å². The molecule has 1 amide bonds. The largest absolute Gasteiger partial charge is 0.510 e. The van der Waals surface area contributed by atoms with Gasteiger partial charge in [-0.1, -0.05) is 30.3 Å². The highest BCUT2D eigenvalue weighted by Crippen LogP contribution is 2.12. The highest BCUT2D eigenvalue weighted by atomic mass is 16.6. The molecule has 0 saturated heterocycles. The van der Waals surface area contributed by atoms with Crippen molar-refractivity contribution in [2.45, 2.75) is 71.8 Å². The maximum atomic E-state index is 12.1. The first-order valence-electron chi connectivity index (χ1n) is 9.60. The molecule has 0 radical (unpaired) electrons. The summed E-state index contributed by atoms with van der Waals surface area (Å²) in [5.74, 6) is -1.02. The lowest BCUT2D eigenvalue weighted by Crippen LogP contribution is -2.41. The van der Waals surface area contributed by atoms with Gasteiger partial charge in [0.2, 0.25) is 0 Å². The summed E-state index contributed by atoms with van der Waals surface area (Å²) < 4.78 is 16.0. The van der Waals surface area contributed by atoms with Gasteiger partial charge in [0, 0.05) is 6.61 Å². The van der Waals surface area contributed by atoms with E-state index in [1.165, 1.54) is 0 Å². The van der Waals surface area contributed by atoms with Crippen molar-refractivity contribution < 1.29 is 28.9 Å². The second-order valence-corrected chi connectivity index (χ2v) is 8.63. The fraction of sp³-hybridized carbons (Fsp3) is 0.545. The van der Waals surface area contributed by atoms with Crippen LogP contribution in [0.3, 0.4) is 0 Å². The van der Waals surface area contributed by atoms with Gasteiger partial charge in [-0.3, -0.25) is 0 Å². The molecule has 0 heterocycles. The van der Waals surface area contributed by atoms with Crippen molar-refractivity contribution >= 4 is 12.1 Å². The topological polar surface area (TPSA) is 94.1 Å². The predicted octanol–water partition coefficient (Wildman–Crippen LogP) is 4.27. The van der Waals surface area contributed by atoms with Crippen LogP contribution in [0.15, 0.2) is 42.2 Å². The van der Waals surface area contributed by atoms with Crippen molar-refractivity contribution in [3.8, 4) is 0 Å². The molecular formula is C22H33NO6. The van der Waals surface area contributed by atoms with E-state index >= 15 is 0 Å². The third-order valence-electron chi connectivity index (χ3n) is 3.38. The number of hydrogen-bond acceptors (Lipinski definition) is 6. The first-order valence-corrected chi connectivity index (χ1v) is 9.60. The van der Waals surface area contributed by atoms with Gasteiger partial charge in [-0.2, -0.15) is 0 Å². The predicted molar refractivity (Wildman–Crippen MR) is 110 cm³/mol. The van der Waals surface area contributed by atoms with E-state index in [0.29, 0.717) is 6.61 Å². The van der Waals surface area contributed by atoms with Crippen molar-refractivity contribution in [1.82, 2.24) is 5.32 Å². The van der Waals surface area contributed by atoms with Crippen LogP contribution in [-0.2, 0) is 25.6 Å². The Balaban J connectivity index is 2.73. The molecule has 2 N–H and O–H groups in total. The molecule has 1 rings (SSSR count). The van der Waals surface area contributed by atoms with Crippen molar-refractivity contribution in [3.05, 3.63) is 47.7 Å². The summed E-state index contributed by atoms with van der Waals surface area (Å²) in [6, 6.07) is 8.78. The number of ether oxygens (including phenoxy) is 3. The van der Waals surface area contributed by atoms with Crippen LogP contribution in [0, 0.1) is 0 Å². The van der Waals surface area contributed by atoms with Gasteiger partial charge in [0.1, 0.15) is 17.0 Å². The first kappa shape index (κ1) is 24.5. The molecule has 162 valence electrons. The Kier molecular flexibility index (Phi) is 9.17. The van der Waals surface area contributed by atoms with Crippen LogP contribution in [0.1, 0.15) is 53.5 Å². The summed E-state index contributed by atoms with van der Waals surface area (Å²) >= 11 is 0. The molecule has 0 fully saturated rings. The molecule has 0 aliphatic heterocycles. The first-order chi connectivity index (χ1) is 13.4. The number of carbonyl (C=O) groups is 2. The zero-order chi connectivity index (χ0) is 22.1. The van der Waals surface area contributed by atoms with Gasteiger partial charge in [-0.15, -0.1) is 0 Å². The fourth-order valence-corrected chi connectivity index (χ4v) is 2.26. The highest BCUT2D eigenvalue weighted by Gasteiger charge is 2.23. The van der Waals surface area contributed by atoms with E-state index in [1.54, 1.807) is 41.5 Å². The van der Waals surface area contributed by atoms with E-state index in [-0.39, 0.29) is 18.8 Å². The minimum Gasteiger partial charge on any atom is -0.510 e. The van der Waals surface area contributed by atoms with Crippen LogP contribution in [0.5, 0.6) is 0 Å². The van der Waals surface area contributed by atoms with Gasteiger partial charge in [0.25, 0.3) is 0 Å². The Morgan fingerprint density at radius 3 is 2.17 bits per heavy atom. The number of benzene rings is 1. The fourth-order valence-electron chi connectivity index (χ4n) is 2.26. The summed E-state index contributed by atoms with van der Waals surface area (Å²) in [4.78, 5) is 24.1. The average molecular weight is 408 g/mol. The Morgan fingerprint density at radius 1 is 1.03 bits per heavy atom. The molecule has 1 unspecified atom stereocenters. The van der Waals surface area contributed by atoms with E-state index in [2.05, 4.69) is 5.32 Å². The molecule has 1 aromatic rings. The van der Waals surface area contributed by atoms with Gasteiger partial charge < -0.3 is 24.6 Å². The number of alkyl carbamates (subject to hydrolysis) is 1. The second-order valence-electron chi connectivity index (χ2n) is 8.63. The van der Waals surface area contributed by atoms with E-state index in [1.807, 2.05) is 30.3 Å². The van der Waals surface area contributed by atoms with Crippen LogP contribution in [-0.4, -0.2) is 41.0 Å². The number of hydrogen-bond donors (Lipinski definition) is 2. The molecule has 0 aromatic heterocycles. The van der Waals surface area contributed by atoms with Crippen LogP contribution >= 0.6 is 0 Å². The molecule has 29 heavy (non-hydrogen) atoms. The van der Waals surface area contributed by atoms with E-state index < -0.39 is 29.3 Å². The second kappa shape index (κ2) is 10.9. The molecule has 7 nitrogen and oxygen atoms in total. The Morgan fingerprint density at radius 2 is 1.62 bits per heavy atom. The summed E-state index contributed by atoms with van der Waals surface area (Å²) in [5.41, 5.74) is -0.373. The molecule has 1 aromatic carbocycles. The maximum Gasteiger partial charge on any atom is 0.408 e. The van der Waals surface area contributed by atoms with Crippen molar-refractivity contribution in [2.75, 3.05) is 6.61 Å². The highest BCUT2D eigenvalue weighted by molar-refractivity contribution is 5.83. The molecule has 0 aliphatic carbocycles. The minimum atomic E-state index is -0.854. The smallest absolute Gasteiger partial charge is 0.408 e. The van der Waals surface area contributed by atoms with Gasteiger partial charge in [0.15, 0.2) is 0 Å². The zero-order valence-electron chi connectivity index (χ0n) is 18.2. The van der Waals surface area contributed by atoms with Crippen LogP contribution in [0.2, 0.25) is 0 Å². The Labute approximate surface area is 173 Å². The van der Waals surface area contributed by atoms with E-state index in [0.717, 1.165) is 11.6 Å². The summed E-state index contributed by atoms with van der Waals surface area (Å²) in [6.45, 7) is 11.0. The van der Waals surface area contributed by atoms with Gasteiger partial charge >= 0.3 is 12.1 Å². The number of carbonyl (C=O) groups excluding carboxylic acids is 2. The van der Waals surface area contributed by atoms with Crippen molar-refractivity contribution in [1.29, 1.82) is 0 Å². The number of aliphatic hydroxyl groups is 1. The molecule has 0 saturated carbocycles. The summed E-state index contributed by atoms with van der Waals surface area (Å²) in [7, 11) is 0.